The van der Waals surface area contributed by atoms with Crippen molar-refractivity contribution in [2.45, 2.75) is 44.9 Å². The molecule has 1 N–H and O–H groups in total. The molecule has 2 amide bonds. The number of carbonyl (C=O) groups is 2. The van der Waals surface area contributed by atoms with Gasteiger partial charge in [0.15, 0.2) is 0 Å². The number of carbonyl (C=O) groups excluding carboxylic acids is 2. The number of allylic oxidation sites excluding steroid dienone is 2. The van der Waals surface area contributed by atoms with Crippen molar-refractivity contribution in [3.8, 4) is 0 Å². The maximum atomic E-state index is 12.0. The largest absolute Gasteiger partial charge is 0.464 e. The van der Waals surface area contributed by atoms with Gasteiger partial charge in [0.2, 0.25) is 11.8 Å². The fourth-order valence-electron chi connectivity index (χ4n) is 3.29. The fourth-order valence-corrected chi connectivity index (χ4v) is 3.29. The van der Waals surface area contributed by atoms with E-state index in [9.17, 15) is 9.59 Å². The van der Waals surface area contributed by atoms with E-state index in [4.69, 9.17) is 4.42 Å². The molecule has 1 aliphatic carbocycles. The first kappa shape index (κ1) is 13.9. The van der Waals surface area contributed by atoms with E-state index in [1.807, 2.05) is 0 Å². The molecule has 1 aliphatic heterocycles. The molecule has 1 saturated heterocycles. The van der Waals surface area contributed by atoms with Gasteiger partial charge >= 0.3 is 0 Å². The monoisotopic (exact) mass is 285 g/mol. The van der Waals surface area contributed by atoms with Gasteiger partial charge in [-0.25, -0.2) is 0 Å². The minimum atomic E-state index is -0.324. The van der Waals surface area contributed by atoms with Crippen LogP contribution < -0.4 is 5.32 Å². The first-order valence-corrected chi connectivity index (χ1v) is 7.38. The molecule has 1 atom stereocenters. The molecule has 0 spiro atoms. The van der Waals surface area contributed by atoms with Gasteiger partial charge in [-0.1, -0.05) is 18.2 Å². The van der Waals surface area contributed by atoms with Gasteiger partial charge in [0.25, 0.3) is 0 Å². The number of hydrogen-bond acceptors (Lipinski definition) is 3. The molecule has 4 heteroatoms. The summed E-state index contributed by atoms with van der Waals surface area (Å²) in [5, 5.41) is 2.40. The molecule has 0 saturated carbocycles. The Bertz CT molecular complexity index is 651. The second-order valence-corrected chi connectivity index (χ2v) is 5.75. The van der Waals surface area contributed by atoms with Crippen LogP contribution in [0.4, 0.5) is 0 Å². The van der Waals surface area contributed by atoms with Gasteiger partial charge in [-0.15, -0.1) is 0 Å². The molecule has 21 heavy (non-hydrogen) atoms. The highest BCUT2D eigenvalue weighted by Gasteiger charge is 2.32. The molecule has 2 heterocycles. The van der Waals surface area contributed by atoms with Gasteiger partial charge in [0.1, 0.15) is 5.76 Å². The van der Waals surface area contributed by atoms with Crippen LogP contribution >= 0.6 is 0 Å². The number of nitrogens with one attached hydrogen (secondary N) is 1. The standard InChI is InChI=1S/C17H19NO3/c1-3-11-14(13-7-8-15(19)18-17(13)20)9-21-16(11)12-6-4-5-10(12)2/h3,9,13H,1,4-8H2,2H3,(H,18,19,20). The maximum Gasteiger partial charge on any atom is 0.234 e. The third kappa shape index (κ3) is 2.35. The van der Waals surface area contributed by atoms with Crippen LogP contribution in [0.3, 0.4) is 0 Å². The Morgan fingerprint density at radius 1 is 1.33 bits per heavy atom. The molecule has 110 valence electrons. The van der Waals surface area contributed by atoms with Crippen molar-refractivity contribution in [2.24, 2.45) is 0 Å². The Morgan fingerprint density at radius 3 is 2.76 bits per heavy atom. The fraction of sp³-hybridized carbons (Fsp3) is 0.412. The number of imide groups is 1. The van der Waals surface area contributed by atoms with Crippen LogP contribution in [0.15, 0.2) is 22.8 Å². The third-order valence-corrected chi connectivity index (χ3v) is 4.45. The lowest BCUT2D eigenvalue weighted by Gasteiger charge is -2.20. The van der Waals surface area contributed by atoms with Gasteiger partial charge in [0, 0.05) is 17.5 Å². The molecule has 3 rings (SSSR count). The summed E-state index contributed by atoms with van der Waals surface area (Å²) in [6.45, 7) is 6.00. The maximum absolute atomic E-state index is 12.0. The second kappa shape index (κ2) is 5.35. The summed E-state index contributed by atoms with van der Waals surface area (Å²) in [6.07, 6.45) is 7.57. The van der Waals surface area contributed by atoms with Gasteiger partial charge in [-0.05, 0) is 38.2 Å². The lowest BCUT2D eigenvalue weighted by Crippen LogP contribution is -2.39. The van der Waals surface area contributed by atoms with Gasteiger partial charge in [0.05, 0.1) is 12.2 Å². The van der Waals surface area contributed by atoms with E-state index in [-0.39, 0.29) is 17.7 Å². The number of rotatable bonds is 3. The highest BCUT2D eigenvalue weighted by Crippen LogP contribution is 2.40. The number of piperidine rings is 1. The average Bonchev–Trinajstić information content (AvgIpc) is 3.04. The summed E-state index contributed by atoms with van der Waals surface area (Å²) in [5.41, 5.74) is 4.34. The Kier molecular flexibility index (Phi) is 3.53. The average molecular weight is 285 g/mol. The Balaban J connectivity index is 1.99. The van der Waals surface area contributed by atoms with E-state index in [1.165, 1.54) is 11.1 Å². The molecule has 2 aliphatic rings. The molecule has 4 nitrogen and oxygen atoms in total. The summed E-state index contributed by atoms with van der Waals surface area (Å²) in [5.74, 6) is 0.0866. The number of hydrogen-bond donors (Lipinski definition) is 1. The van der Waals surface area contributed by atoms with Crippen molar-refractivity contribution in [2.75, 3.05) is 0 Å². The van der Waals surface area contributed by atoms with E-state index >= 15 is 0 Å². The highest BCUT2D eigenvalue weighted by atomic mass is 16.3. The minimum absolute atomic E-state index is 0.200. The zero-order valence-corrected chi connectivity index (χ0v) is 12.2. The summed E-state index contributed by atoms with van der Waals surface area (Å²) in [4.78, 5) is 23.3. The van der Waals surface area contributed by atoms with Crippen LogP contribution in [-0.2, 0) is 9.59 Å². The van der Waals surface area contributed by atoms with Crippen molar-refractivity contribution in [1.82, 2.24) is 5.32 Å². The molecule has 1 unspecified atom stereocenters. The predicted octanol–water partition coefficient (Wildman–Crippen LogP) is 3.40. The van der Waals surface area contributed by atoms with E-state index < -0.39 is 0 Å². The summed E-state index contributed by atoms with van der Waals surface area (Å²) < 4.78 is 5.78. The Morgan fingerprint density at radius 2 is 2.14 bits per heavy atom. The molecule has 1 fully saturated rings. The Labute approximate surface area is 123 Å². The van der Waals surface area contributed by atoms with Crippen molar-refractivity contribution in [3.05, 3.63) is 35.3 Å². The molecular formula is C17H19NO3. The van der Waals surface area contributed by atoms with Gasteiger partial charge in [-0.3, -0.25) is 14.9 Å². The highest BCUT2D eigenvalue weighted by molar-refractivity contribution is 6.01. The van der Waals surface area contributed by atoms with Crippen LogP contribution in [0.25, 0.3) is 11.6 Å². The van der Waals surface area contributed by atoms with E-state index in [0.717, 1.165) is 36.1 Å². The third-order valence-electron chi connectivity index (χ3n) is 4.45. The molecular weight excluding hydrogens is 266 g/mol. The van der Waals surface area contributed by atoms with Crippen molar-refractivity contribution < 1.29 is 14.0 Å². The summed E-state index contributed by atoms with van der Waals surface area (Å²) >= 11 is 0. The number of furan rings is 1. The lowest BCUT2D eigenvalue weighted by atomic mass is 9.88. The zero-order chi connectivity index (χ0) is 15.0. The minimum Gasteiger partial charge on any atom is -0.464 e. The first-order chi connectivity index (χ1) is 10.1. The SMILES string of the molecule is C=Cc1c(C2CCC(=O)NC2=O)coc1C1=C(C)CCC1. The second-order valence-electron chi connectivity index (χ2n) is 5.75. The van der Waals surface area contributed by atoms with Crippen LogP contribution in [0.5, 0.6) is 0 Å². The predicted molar refractivity (Wildman–Crippen MR) is 80.4 cm³/mol. The lowest BCUT2D eigenvalue weighted by molar-refractivity contribution is -0.134. The van der Waals surface area contributed by atoms with Crippen LogP contribution in [0.2, 0.25) is 0 Å². The van der Waals surface area contributed by atoms with E-state index in [1.54, 1.807) is 12.3 Å². The Hall–Kier alpha value is -2.10. The van der Waals surface area contributed by atoms with Gasteiger partial charge in [-0.2, -0.15) is 0 Å². The van der Waals surface area contributed by atoms with Crippen LogP contribution in [-0.4, -0.2) is 11.8 Å². The summed E-state index contributed by atoms with van der Waals surface area (Å²) in [7, 11) is 0. The van der Waals surface area contributed by atoms with Crippen molar-refractivity contribution in [3.63, 3.8) is 0 Å². The first-order valence-electron chi connectivity index (χ1n) is 7.38. The molecule has 1 aromatic heterocycles. The van der Waals surface area contributed by atoms with Gasteiger partial charge < -0.3 is 4.42 Å². The number of amides is 2. The molecule has 1 aromatic rings. The van der Waals surface area contributed by atoms with Crippen molar-refractivity contribution in [1.29, 1.82) is 0 Å². The summed E-state index contributed by atoms with van der Waals surface area (Å²) in [6, 6.07) is 0. The normalized spacial score (nSPS) is 22.6. The molecule has 0 aromatic carbocycles. The smallest absolute Gasteiger partial charge is 0.234 e. The molecule has 0 radical (unpaired) electrons. The van der Waals surface area contributed by atoms with Crippen LogP contribution in [0.1, 0.15) is 61.8 Å². The topological polar surface area (TPSA) is 59.3 Å². The van der Waals surface area contributed by atoms with Crippen LogP contribution in [0, 0.1) is 0 Å². The van der Waals surface area contributed by atoms with E-state index in [0.29, 0.717) is 12.8 Å². The molecule has 0 bridgehead atoms. The quantitative estimate of drug-likeness (QED) is 0.866. The zero-order valence-electron chi connectivity index (χ0n) is 12.2. The van der Waals surface area contributed by atoms with E-state index in [2.05, 4.69) is 18.8 Å². The van der Waals surface area contributed by atoms with Crippen molar-refractivity contribution >= 4 is 23.5 Å².